The molecule has 0 bridgehead atoms. The highest BCUT2D eigenvalue weighted by molar-refractivity contribution is 7.09. The van der Waals surface area contributed by atoms with Crippen molar-refractivity contribution in [3.05, 3.63) is 51.2 Å². The van der Waals surface area contributed by atoms with E-state index in [0.717, 1.165) is 24.2 Å². The first-order valence-electron chi connectivity index (χ1n) is 5.93. The zero-order valence-corrected chi connectivity index (χ0v) is 11.6. The molecule has 0 radical (unpaired) electrons. The normalized spacial score (nSPS) is 10.6. The number of hydrogen-bond acceptors (Lipinski definition) is 3. The van der Waals surface area contributed by atoms with E-state index >= 15 is 0 Å². The van der Waals surface area contributed by atoms with Gasteiger partial charge in [-0.15, -0.1) is 11.3 Å². The third-order valence-electron chi connectivity index (χ3n) is 2.62. The van der Waals surface area contributed by atoms with Gasteiger partial charge in [0.15, 0.2) is 0 Å². The first kappa shape index (κ1) is 13.4. The van der Waals surface area contributed by atoms with Crippen molar-refractivity contribution in [2.24, 2.45) is 5.73 Å². The van der Waals surface area contributed by atoms with Crippen molar-refractivity contribution in [3.63, 3.8) is 0 Å². The molecule has 18 heavy (non-hydrogen) atoms. The molecule has 0 aliphatic carbocycles. The summed E-state index contributed by atoms with van der Waals surface area (Å²) in [5.41, 5.74) is 6.66. The lowest BCUT2D eigenvalue weighted by Gasteiger charge is -2.08. The Bertz CT molecular complexity index is 485. The van der Waals surface area contributed by atoms with Crippen LogP contribution >= 0.6 is 22.9 Å². The summed E-state index contributed by atoms with van der Waals surface area (Å²) in [6.45, 7) is 1.28. The average Bonchev–Trinajstić information content (AvgIpc) is 2.85. The van der Waals surface area contributed by atoms with Crippen LogP contribution in [-0.2, 0) is 12.8 Å². The van der Waals surface area contributed by atoms with Crippen LogP contribution in [0.5, 0.6) is 5.75 Å². The van der Waals surface area contributed by atoms with Crippen molar-refractivity contribution in [1.82, 2.24) is 0 Å². The van der Waals surface area contributed by atoms with Gasteiger partial charge in [-0.2, -0.15) is 0 Å². The highest BCUT2D eigenvalue weighted by Crippen LogP contribution is 2.25. The lowest BCUT2D eigenvalue weighted by Crippen LogP contribution is -2.03. The van der Waals surface area contributed by atoms with Gasteiger partial charge in [0.1, 0.15) is 5.75 Å². The Hall–Kier alpha value is -1.03. The topological polar surface area (TPSA) is 35.2 Å². The Labute approximate surface area is 116 Å². The van der Waals surface area contributed by atoms with E-state index in [0.29, 0.717) is 18.2 Å². The first-order chi connectivity index (χ1) is 8.79. The predicted molar refractivity (Wildman–Crippen MR) is 77.7 cm³/mol. The van der Waals surface area contributed by atoms with Crippen LogP contribution in [0, 0.1) is 0 Å². The van der Waals surface area contributed by atoms with Gasteiger partial charge in [0.2, 0.25) is 0 Å². The summed E-state index contributed by atoms with van der Waals surface area (Å²) in [5, 5.41) is 2.73. The van der Waals surface area contributed by atoms with Crippen molar-refractivity contribution in [1.29, 1.82) is 0 Å². The molecule has 2 aromatic rings. The van der Waals surface area contributed by atoms with Gasteiger partial charge in [-0.1, -0.05) is 23.7 Å². The van der Waals surface area contributed by atoms with Gasteiger partial charge < -0.3 is 10.5 Å². The highest BCUT2D eigenvalue weighted by atomic mass is 35.5. The molecular formula is C14H16ClNOS. The highest BCUT2D eigenvalue weighted by Gasteiger charge is 2.03. The van der Waals surface area contributed by atoms with Crippen molar-refractivity contribution < 1.29 is 4.74 Å². The van der Waals surface area contributed by atoms with E-state index in [1.54, 1.807) is 11.3 Å². The van der Waals surface area contributed by atoms with E-state index in [1.807, 2.05) is 18.2 Å². The first-order valence-corrected chi connectivity index (χ1v) is 7.19. The van der Waals surface area contributed by atoms with E-state index in [2.05, 4.69) is 17.5 Å². The Morgan fingerprint density at radius 1 is 1.22 bits per heavy atom. The molecule has 0 unspecified atom stereocenters. The zero-order chi connectivity index (χ0) is 12.8. The van der Waals surface area contributed by atoms with Crippen LogP contribution < -0.4 is 10.5 Å². The predicted octanol–water partition coefficient (Wildman–Crippen LogP) is 3.52. The van der Waals surface area contributed by atoms with Crippen LogP contribution in [0.15, 0.2) is 35.7 Å². The Kier molecular flexibility index (Phi) is 5.05. The Balaban J connectivity index is 1.89. The van der Waals surface area contributed by atoms with E-state index < -0.39 is 0 Å². The van der Waals surface area contributed by atoms with Crippen molar-refractivity contribution in [2.75, 3.05) is 13.2 Å². The molecule has 0 saturated carbocycles. The maximum atomic E-state index is 6.16. The van der Waals surface area contributed by atoms with Crippen molar-refractivity contribution in [3.8, 4) is 5.75 Å². The lowest BCUT2D eigenvalue weighted by atomic mass is 10.1. The molecule has 1 aromatic carbocycles. The van der Waals surface area contributed by atoms with Crippen LogP contribution in [0.1, 0.15) is 10.4 Å². The maximum Gasteiger partial charge on any atom is 0.137 e. The number of benzene rings is 1. The number of hydrogen-bond donors (Lipinski definition) is 1. The number of thiophene rings is 1. The molecule has 2 rings (SSSR count). The molecule has 1 heterocycles. The average molecular weight is 282 g/mol. The molecular weight excluding hydrogens is 266 g/mol. The molecule has 0 saturated heterocycles. The maximum absolute atomic E-state index is 6.16. The zero-order valence-electron chi connectivity index (χ0n) is 10.1. The van der Waals surface area contributed by atoms with Gasteiger partial charge in [-0.3, -0.25) is 0 Å². The van der Waals surface area contributed by atoms with Crippen LogP contribution in [0.4, 0.5) is 0 Å². The molecule has 96 valence electrons. The molecule has 0 aliphatic heterocycles. The number of rotatable bonds is 6. The van der Waals surface area contributed by atoms with Crippen molar-refractivity contribution in [2.45, 2.75) is 12.8 Å². The van der Waals surface area contributed by atoms with Crippen molar-refractivity contribution >= 4 is 22.9 Å². The fraction of sp³-hybridized carbons (Fsp3) is 0.286. The van der Waals surface area contributed by atoms with E-state index in [-0.39, 0.29) is 0 Å². The standard InChI is InChI=1S/C14H16ClNOS/c15-13-10-11(5-7-16)3-4-14(13)17-8-6-12-2-1-9-18-12/h1-4,9-10H,5-8,16H2. The smallest absolute Gasteiger partial charge is 0.137 e. The summed E-state index contributed by atoms with van der Waals surface area (Å²) < 4.78 is 5.69. The molecule has 2 nitrogen and oxygen atoms in total. The van der Waals surface area contributed by atoms with E-state index in [4.69, 9.17) is 22.1 Å². The largest absolute Gasteiger partial charge is 0.492 e. The second-order valence-corrected chi connectivity index (χ2v) is 5.42. The summed E-state index contributed by atoms with van der Waals surface area (Å²) in [7, 11) is 0. The Morgan fingerprint density at radius 3 is 2.78 bits per heavy atom. The van der Waals surface area contributed by atoms with E-state index in [1.165, 1.54) is 4.88 Å². The SMILES string of the molecule is NCCc1ccc(OCCc2cccs2)c(Cl)c1. The number of nitrogens with two attached hydrogens (primary N) is 1. The fourth-order valence-electron chi connectivity index (χ4n) is 1.70. The van der Waals surface area contributed by atoms with Crippen LogP contribution in [0.25, 0.3) is 0 Å². The van der Waals surface area contributed by atoms with E-state index in [9.17, 15) is 0 Å². The van der Waals surface area contributed by atoms with Gasteiger partial charge in [0, 0.05) is 11.3 Å². The minimum absolute atomic E-state index is 0.634. The number of halogens is 1. The summed E-state index contributed by atoms with van der Waals surface area (Å²) >= 11 is 7.91. The second-order valence-electron chi connectivity index (χ2n) is 3.98. The van der Waals surface area contributed by atoms with Gasteiger partial charge in [-0.05, 0) is 42.1 Å². The molecule has 0 spiro atoms. The third kappa shape index (κ3) is 3.73. The summed E-state index contributed by atoms with van der Waals surface area (Å²) in [6, 6.07) is 10.0. The molecule has 0 aliphatic rings. The Morgan fingerprint density at radius 2 is 2.11 bits per heavy atom. The van der Waals surface area contributed by atoms with Crippen LogP contribution in [-0.4, -0.2) is 13.2 Å². The lowest BCUT2D eigenvalue weighted by molar-refractivity contribution is 0.323. The van der Waals surface area contributed by atoms with Gasteiger partial charge >= 0.3 is 0 Å². The molecule has 1 aromatic heterocycles. The molecule has 0 amide bonds. The molecule has 4 heteroatoms. The monoisotopic (exact) mass is 281 g/mol. The summed E-state index contributed by atoms with van der Waals surface area (Å²) in [6.07, 6.45) is 1.76. The van der Waals surface area contributed by atoms with Gasteiger partial charge in [-0.25, -0.2) is 0 Å². The minimum Gasteiger partial charge on any atom is -0.492 e. The minimum atomic E-state index is 0.634. The number of ether oxygens (including phenoxy) is 1. The summed E-state index contributed by atoms with van der Waals surface area (Å²) in [4.78, 5) is 1.32. The fourth-order valence-corrected chi connectivity index (χ4v) is 2.65. The molecule has 0 atom stereocenters. The van der Waals surface area contributed by atoms with Crippen LogP contribution in [0.2, 0.25) is 5.02 Å². The molecule has 2 N–H and O–H groups in total. The third-order valence-corrected chi connectivity index (χ3v) is 3.85. The quantitative estimate of drug-likeness (QED) is 0.879. The van der Waals surface area contributed by atoms with Gasteiger partial charge in [0.25, 0.3) is 0 Å². The summed E-state index contributed by atoms with van der Waals surface area (Å²) in [5.74, 6) is 0.744. The van der Waals surface area contributed by atoms with Crippen LogP contribution in [0.3, 0.4) is 0 Å². The van der Waals surface area contributed by atoms with Gasteiger partial charge in [0.05, 0.1) is 11.6 Å². The second kappa shape index (κ2) is 6.78. The molecule has 0 fully saturated rings.